The zero-order valence-corrected chi connectivity index (χ0v) is 7.23. The summed E-state index contributed by atoms with van der Waals surface area (Å²) in [7, 11) is 1.26. The van der Waals surface area contributed by atoms with E-state index < -0.39 is 18.0 Å². The fraction of sp³-hybridized carbons (Fsp3) is 0.500. The molecular formula is C6H8N2O3S. The van der Waals surface area contributed by atoms with E-state index in [1.54, 1.807) is 0 Å². The summed E-state index contributed by atoms with van der Waals surface area (Å²) in [5, 5.41) is 4.75. The number of thiocarbonyl (C=S) groups is 1. The monoisotopic (exact) mass is 188 g/mol. The minimum Gasteiger partial charge on any atom is -0.467 e. The largest absolute Gasteiger partial charge is 0.467 e. The van der Waals surface area contributed by atoms with Gasteiger partial charge in [-0.2, -0.15) is 0 Å². The highest BCUT2D eigenvalue weighted by molar-refractivity contribution is 7.80. The van der Waals surface area contributed by atoms with Crippen molar-refractivity contribution < 1.29 is 14.3 Å². The first kappa shape index (κ1) is 8.92. The Morgan fingerprint density at radius 2 is 2.42 bits per heavy atom. The van der Waals surface area contributed by atoms with E-state index in [1.807, 2.05) is 0 Å². The van der Waals surface area contributed by atoms with Crippen LogP contribution in [0.1, 0.15) is 6.42 Å². The third-order valence-corrected chi connectivity index (χ3v) is 1.70. The fourth-order valence-electron chi connectivity index (χ4n) is 0.893. The van der Waals surface area contributed by atoms with Gasteiger partial charge < -0.3 is 15.4 Å². The lowest BCUT2D eigenvalue weighted by Crippen LogP contribution is -2.54. The second-order valence-electron chi connectivity index (χ2n) is 2.30. The molecule has 1 aliphatic rings. The van der Waals surface area contributed by atoms with E-state index in [0.29, 0.717) is 11.4 Å². The Labute approximate surface area is 74.5 Å². The first-order chi connectivity index (χ1) is 5.63. The maximum Gasteiger partial charge on any atom is 0.328 e. The molecule has 0 saturated carbocycles. The summed E-state index contributed by atoms with van der Waals surface area (Å²) < 4.78 is 4.45. The average Bonchev–Trinajstić information content (AvgIpc) is 2.01. The summed E-state index contributed by atoms with van der Waals surface area (Å²) in [5.74, 6) is -0.479. The second kappa shape index (κ2) is 3.48. The molecule has 2 N–H and O–H groups in total. The van der Waals surface area contributed by atoms with E-state index in [4.69, 9.17) is 12.2 Å². The second-order valence-corrected chi connectivity index (χ2v) is 2.79. The lowest BCUT2D eigenvalue weighted by Gasteiger charge is -2.22. The maximum absolute atomic E-state index is 10.9. The van der Waals surface area contributed by atoms with Crippen LogP contribution in [0, 0.1) is 0 Å². The van der Waals surface area contributed by atoms with Crippen LogP contribution in [0.15, 0.2) is 0 Å². The van der Waals surface area contributed by atoms with Gasteiger partial charge in [0.25, 0.3) is 0 Å². The minimum absolute atomic E-state index is 0.299. The van der Waals surface area contributed by atoms with Crippen molar-refractivity contribution in [1.29, 1.82) is 0 Å². The third kappa shape index (κ3) is 1.91. The van der Waals surface area contributed by atoms with Gasteiger partial charge in [0.05, 0.1) is 12.1 Å². The number of rotatable bonds is 1. The highest BCUT2D eigenvalue weighted by Crippen LogP contribution is 2.01. The molecular weight excluding hydrogens is 180 g/mol. The molecule has 66 valence electrons. The van der Waals surface area contributed by atoms with Crippen molar-refractivity contribution >= 4 is 29.2 Å². The van der Waals surface area contributed by atoms with Crippen molar-refractivity contribution in [2.45, 2.75) is 12.5 Å². The van der Waals surface area contributed by atoms with Crippen LogP contribution in [-0.4, -0.2) is 30.1 Å². The number of urea groups is 1. The summed E-state index contributed by atoms with van der Waals surface area (Å²) in [5.41, 5.74) is 0. The van der Waals surface area contributed by atoms with Crippen LogP contribution in [0.2, 0.25) is 0 Å². The fourth-order valence-corrected chi connectivity index (χ4v) is 1.15. The summed E-state index contributed by atoms with van der Waals surface area (Å²) in [4.78, 5) is 22.1. The zero-order valence-electron chi connectivity index (χ0n) is 6.42. The van der Waals surface area contributed by atoms with E-state index in [0.717, 1.165) is 0 Å². The van der Waals surface area contributed by atoms with Gasteiger partial charge in [-0.1, -0.05) is 12.2 Å². The molecule has 6 heteroatoms. The quantitative estimate of drug-likeness (QED) is 0.432. The van der Waals surface area contributed by atoms with Gasteiger partial charge in [-0.05, 0) is 0 Å². The first-order valence-corrected chi connectivity index (χ1v) is 3.72. The molecule has 1 saturated heterocycles. The first-order valence-electron chi connectivity index (χ1n) is 3.31. The van der Waals surface area contributed by atoms with Crippen molar-refractivity contribution in [1.82, 2.24) is 10.6 Å². The Balaban J connectivity index is 2.61. The van der Waals surface area contributed by atoms with Crippen molar-refractivity contribution in [3.8, 4) is 0 Å². The molecule has 1 atom stereocenters. The summed E-state index contributed by atoms with van der Waals surface area (Å²) in [6.07, 6.45) is 0.299. The molecule has 0 spiro atoms. The van der Waals surface area contributed by atoms with Crippen LogP contribution < -0.4 is 10.6 Å². The molecule has 0 aliphatic carbocycles. The molecule has 1 aliphatic heterocycles. The third-order valence-electron chi connectivity index (χ3n) is 1.43. The number of ether oxygens (including phenoxy) is 1. The highest BCUT2D eigenvalue weighted by atomic mass is 32.1. The number of hydrogen-bond donors (Lipinski definition) is 2. The number of carbonyl (C=O) groups is 2. The van der Waals surface area contributed by atoms with Crippen LogP contribution in [0.5, 0.6) is 0 Å². The number of esters is 1. The van der Waals surface area contributed by atoms with Crippen molar-refractivity contribution in [3.63, 3.8) is 0 Å². The van der Waals surface area contributed by atoms with E-state index in [9.17, 15) is 9.59 Å². The van der Waals surface area contributed by atoms with E-state index in [-0.39, 0.29) is 0 Å². The molecule has 0 aromatic carbocycles. The lowest BCUT2D eigenvalue weighted by molar-refractivity contribution is -0.142. The van der Waals surface area contributed by atoms with Gasteiger partial charge in [0.2, 0.25) is 0 Å². The van der Waals surface area contributed by atoms with Crippen LogP contribution >= 0.6 is 12.2 Å². The van der Waals surface area contributed by atoms with Crippen LogP contribution in [-0.2, 0) is 9.53 Å². The van der Waals surface area contributed by atoms with E-state index in [2.05, 4.69) is 15.4 Å². The normalized spacial score (nSPS) is 22.6. The minimum atomic E-state index is -0.642. The Morgan fingerprint density at radius 1 is 1.75 bits per heavy atom. The molecule has 0 aromatic heterocycles. The van der Waals surface area contributed by atoms with Crippen molar-refractivity contribution in [2.24, 2.45) is 0 Å². The van der Waals surface area contributed by atoms with E-state index in [1.165, 1.54) is 7.11 Å². The van der Waals surface area contributed by atoms with Crippen LogP contribution in [0.4, 0.5) is 4.79 Å². The van der Waals surface area contributed by atoms with Gasteiger partial charge >= 0.3 is 12.0 Å². The number of hydrogen-bond acceptors (Lipinski definition) is 4. The summed E-state index contributed by atoms with van der Waals surface area (Å²) >= 11 is 4.75. The van der Waals surface area contributed by atoms with Crippen molar-refractivity contribution in [2.75, 3.05) is 7.11 Å². The van der Waals surface area contributed by atoms with Gasteiger partial charge in [0.1, 0.15) is 6.04 Å². The molecule has 1 fully saturated rings. The zero-order chi connectivity index (χ0) is 9.14. The Morgan fingerprint density at radius 3 is 2.92 bits per heavy atom. The van der Waals surface area contributed by atoms with Gasteiger partial charge in [-0.15, -0.1) is 0 Å². The van der Waals surface area contributed by atoms with Gasteiger partial charge in [-0.3, -0.25) is 0 Å². The Kier molecular flexibility index (Phi) is 2.59. The molecule has 0 unspecified atom stereocenters. The van der Waals surface area contributed by atoms with Gasteiger partial charge in [0, 0.05) is 6.42 Å². The van der Waals surface area contributed by atoms with Crippen LogP contribution in [0.25, 0.3) is 0 Å². The summed E-state index contributed by atoms with van der Waals surface area (Å²) in [6.45, 7) is 0. The number of methoxy groups -OCH3 is 1. The lowest BCUT2D eigenvalue weighted by atomic mass is 10.2. The van der Waals surface area contributed by atoms with E-state index >= 15 is 0 Å². The smallest absolute Gasteiger partial charge is 0.328 e. The number of nitrogens with one attached hydrogen (secondary N) is 2. The molecule has 0 bridgehead atoms. The molecule has 1 rings (SSSR count). The molecule has 0 aromatic rings. The summed E-state index contributed by atoms with van der Waals surface area (Å²) in [6, 6.07) is -1.10. The van der Waals surface area contributed by atoms with Crippen molar-refractivity contribution in [3.05, 3.63) is 0 Å². The Hall–Kier alpha value is -1.17. The highest BCUT2D eigenvalue weighted by Gasteiger charge is 2.27. The number of amides is 2. The predicted molar refractivity (Wildman–Crippen MR) is 44.7 cm³/mol. The molecule has 2 amide bonds. The topological polar surface area (TPSA) is 67.4 Å². The molecule has 1 heterocycles. The number of carbonyl (C=O) groups excluding carboxylic acids is 2. The Bertz CT molecular complexity index is 225. The molecule has 12 heavy (non-hydrogen) atoms. The van der Waals surface area contributed by atoms with Gasteiger partial charge in [0.15, 0.2) is 0 Å². The molecule has 5 nitrogen and oxygen atoms in total. The maximum atomic E-state index is 10.9. The van der Waals surface area contributed by atoms with Gasteiger partial charge in [-0.25, -0.2) is 9.59 Å². The predicted octanol–water partition coefficient (Wildman–Crippen LogP) is -0.442. The SMILES string of the molecule is COC(=O)[C@@H]1CC(=S)NC(=O)N1. The standard InChI is InChI=1S/C6H8N2O3S/c1-11-5(9)3-2-4(12)8-6(10)7-3/h3H,2H2,1H3,(H2,7,8,10,12)/t3-/m0/s1. The molecule has 0 radical (unpaired) electrons. The van der Waals surface area contributed by atoms with Crippen LogP contribution in [0.3, 0.4) is 0 Å². The average molecular weight is 188 g/mol.